The van der Waals surface area contributed by atoms with Gasteiger partial charge in [0, 0.05) is 50.9 Å². The van der Waals surface area contributed by atoms with Crippen LogP contribution in [0.2, 0.25) is 0 Å². The molecule has 0 saturated carbocycles. The highest BCUT2D eigenvalue weighted by molar-refractivity contribution is 14.0. The van der Waals surface area contributed by atoms with E-state index in [0.717, 1.165) is 69.3 Å². The number of likely N-dealkylation sites (tertiary alicyclic amines) is 1. The van der Waals surface area contributed by atoms with Crippen molar-refractivity contribution in [3.05, 3.63) is 54.2 Å². The second-order valence-corrected chi connectivity index (χ2v) is 7.53. The molecule has 2 aromatic heterocycles. The summed E-state index contributed by atoms with van der Waals surface area (Å²) in [5, 5.41) is 7.18. The molecule has 0 amide bonds. The molecule has 3 rings (SSSR count). The smallest absolute Gasteiger partial charge is 0.191 e. The average Bonchev–Trinajstić information content (AvgIpc) is 3.23. The van der Waals surface area contributed by atoms with Gasteiger partial charge in [0.25, 0.3) is 0 Å². The molecule has 1 unspecified atom stereocenters. The van der Waals surface area contributed by atoms with E-state index in [4.69, 9.17) is 9.41 Å². The fraction of sp³-hybridized carbons (Fsp3) is 0.545. The van der Waals surface area contributed by atoms with Gasteiger partial charge in [-0.15, -0.1) is 24.0 Å². The average molecular weight is 511 g/mol. The van der Waals surface area contributed by atoms with E-state index in [0.29, 0.717) is 12.1 Å². The van der Waals surface area contributed by atoms with Crippen LogP contribution in [0.25, 0.3) is 0 Å². The van der Waals surface area contributed by atoms with Gasteiger partial charge in [0.05, 0.1) is 12.0 Å². The van der Waals surface area contributed by atoms with E-state index >= 15 is 0 Å². The molecule has 3 heterocycles. The normalized spacial score (nSPS) is 16.8. The molecule has 1 aliphatic rings. The largest absolute Gasteiger partial charge is 0.469 e. The Kier molecular flexibility index (Phi) is 10.5. The molecule has 1 fully saturated rings. The maximum Gasteiger partial charge on any atom is 0.191 e. The fourth-order valence-corrected chi connectivity index (χ4v) is 3.35. The first-order chi connectivity index (χ1) is 13.7. The van der Waals surface area contributed by atoms with Crippen LogP contribution in [0.5, 0.6) is 0 Å². The molecule has 160 valence electrons. The third kappa shape index (κ3) is 8.34. The summed E-state index contributed by atoms with van der Waals surface area (Å²) >= 11 is 0. The van der Waals surface area contributed by atoms with Crippen molar-refractivity contribution >= 4 is 29.9 Å². The van der Waals surface area contributed by atoms with Crippen LogP contribution in [0.1, 0.15) is 44.6 Å². The quantitative estimate of drug-likeness (QED) is 0.321. The van der Waals surface area contributed by atoms with Gasteiger partial charge in [0.1, 0.15) is 5.76 Å². The third-order valence-corrected chi connectivity index (χ3v) is 5.24. The van der Waals surface area contributed by atoms with Crippen molar-refractivity contribution in [1.82, 2.24) is 20.5 Å². The third-order valence-electron chi connectivity index (χ3n) is 5.24. The highest BCUT2D eigenvalue weighted by Crippen LogP contribution is 2.13. The van der Waals surface area contributed by atoms with Gasteiger partial charge < -0.3 is 15.1 Å². The van der Waals surface area contributed by atoms with Crippen molar-refractivity contribution in [2.75, 3.05) is 19.6 Å². The van der Waals surface area contributed by atoms with Crippen LogP contribution in [0.3, 0.4) is 0 Å². The Morgan fingerprint density at radius 2 is 2.10 bits per heavy atom. The van der Waals surface area contributed by atoms with Gasteiger partial charge >= 0.3 is 0 Å². The Morgan fingerprint density at radius 3 is 2.76 bits per heavy atom. The first-order valence-corrected chi connectivity index (χ1v) is 10.4. The summed E-state index contributed by atoms with van der Waals surface area (Å²) in [5.41, 5.74) is 1.15. The molecule has 1 atom stereocenters. The zero-order valence-electron chi connectivity index (χ0n) is 17.5. The highest BCUT2D eigenvalue weighted by Gasteiger charge is 2.20. The van der Waals surface area contributed by atoms with E-state index in [1.807, 2.05) is 24.4 Å². The fourth-order valence-electron chi connectivity index (χ4n) is 3.35. The van der Waals surface area contributed by atoms with Crippen molar-refractivity contribution in [3.8, 4) is 0 Å². The molecule has 0 aliphatic carbocycles. The molecule has 0 bridgehead atoms. The van der Waals surface area contributed by atoms with Crippen molar-refractivity contribution < 1.29 is 4.42 Å². The number of aliphatic imine (C=N–C) groups is 1. The first kappa shape index (κ1) is 23.7. The van der Waals surface area contributed by atoms with Gasteiger partial charge in [-0.3, -0.25) is 14.9 Å². The zero-order valence-corrected chi connectivity index (χ0v) is 19.8. The second-order valence-electron chi connectivity index (χ2n) is 7.53. The molecule has 0 spiro atoms. The van der Waals surface area contributed by atoms with Gasteiger partial charge in [-0.1, -0.05) is 13.0 Å². The molecular weight excluding hydrogens is 477 g/mol. The number of hydrogen-bond acceptors (Lipinski definition) is 4. The Labute approximate surface area is 191 Å². The lowest BCUT2D eigenvalue weighted by Crippen LogP contribution is -2.50. The number of aromatic nitrogens is 1. The van der Waals surface area contributed by atoms with Gasteiger partial charge in [-0.25, -0.2) is 0 Å². The number of nitrogens with one attached hydrogen (secondary N) is 2. The van der Waals surface area contributed by atoms with E-state index in [2.05, 4.69) is 46.5 Å². The van der Waals surface area contributed by atoms with Gasteiger partial charge in [0.2, 0.25) is 0 Å². The summed E-state index contributed by atoms with van der Waals surface area (Å²) in [5.74, 6) is 1.90. The maximum absolute atomic E-state index is 5.41. The van der Waals surface area contributed by atoms with Crippen molar-refractivity contribution in [2.24, 2.45) is 4.99 Å². The van der Waals surface area contributed by atoms with Crippen molar-refractivity contribution in [1.29, 1.82) is 0 Å². The summed E-state index contributed by atoms with van der Waals surface area (Å²) in [7, 11) is 0. The molecule has 2 N–H and O–H groups in total. The Morgan fingerprint density at radius 1 is 1.28 bits per heavy atom. The number of rotatable bonds is 8. The summed E-state index contributed by atoms with van der Waals surface area (Å²) in [6, 6.07) is 10.9. The molecular formula is C22H34IN5O. The van der Waals surface area contributed by atoms with Crippen LogP contribution in [0, 0.1) is 0 Å². The van der Waals surface area contributed by atoms with Crippen molar-refractivity contribution in [3.63, 3.8) is 0 Å². The van der Waals surface area contributed by atoms with E-state index in [1.165, 1.54) is 0 Å². The predicted octanol–water partition coefficient (Wildman–Crippen LogP) is 3.83. The monoisotopic (exact) mass is 511 g/mol. The topological polar surface area (TPSA) is 65.7 Å². The minimum absolute atomic E-state index is 0. The standard InChI is InChI=1S/C22H33N5O.HI/c1-3-18(2)25-22(24-13-9-21-8-6-16-28-21)26-19-10-14-27(15-11-19)17-20-7-4-5-12-23-20;/h4-8,12,16,18-19H,3,9-11,13-15,17H2,1-2H3,(H2,24,25,26);1H. The summed E-state index contributed by atoms with van der Waals surface area (Å²) in [6.45, 7) is 8.20. The number of piperidine rings is 1. The zero-order chi connectivity index (χ0) is 19.6. The van der Waals surface area contributed by atoms with Gasteiger partial charge in [0.15, 0.2) is 5.96 Å². The second kappa shape index (κ2) is 12.8. The van der Waals surface area contributed by atoms with E-state index < -0.39 is 0 Å². The minimum atomic E-state index is 0. The number of furan rings is 1. The number of pyridine rings is 1. The molecule has 2 aromatic rings. The molecule has 6 nitrogen and oxygen atoms in total. The Bertz CT molecular complexity index is 699. The SMILES string of the molecule is CCC(C)NC(=NCCc1ccco1)NC1CCN(Cc2ccccn2)CC1.I. The first-order valence-electron chi connectivity index (χ1n) is 10.4. The lowest BCUT2D eigenvalue weighted by molar-refractivity contribution is 0.196. The molecule has 0 aromatic carbocycles. The molecule has 0 radical (unpaired) electrons. The van der Waals surface area contributed by atoms with Crippen molar-refractivity contribution in [2.45, 2.75) is 58.2 Å². The molecule has 1 aliphatic heterocycles. The van der Waals surface area contributed by atoms with Crippen LogP contribution >= 0.6 is 24.0 Å². The molecule has 29 heavy (non-hydrogen) atoms. The number of nitrogens with zero attached hydrogens (tertiary/aromatic N) is 3. The van der Waals surface area contributed by atoms with Crippen LogP contribution in [0.4, 0.5) is 0 Å². The minimum Gasteiger partial charge on any atom is -0.469 e. The predicted molar refractivity (Wildman–Crippen MR) is 129 cm³/mol. The number of halogens is 1. The van der Waals surface area contributed by atoms with Gasteiger partial charge in [-0.2, -0.15) is 0 Å². The molecule has 1 saturated heterocycles. The highest BCUT2D eigenvalue weighted by atomic mass is 127. The summed E-state index contributed by atoms with van der Waals surface area (Å²) in [6.07, 6.45) is 7.72. The number of guanidine groups is 1. The van der Waals surface area contributed by atoms with Crippen LogP contribution in [0.15, 0.2) is 52.2 Å². The van der Waals surface area contributed by atoms with E-state index in [1.54, 1.807) is 6.26 Å². The lowest BCUT2D eigenvalue weighted by atomic mass is 10.0. The van der Waals surface area contributed by atoms with E-state index in [9.17, 15) is 0 Å². The summed E-state index contributed by atoms with van der Waals surface area (Å²) in [4.78, 5) is 11.7. The summed E-state index contributed by atoms with van der Waals surface area (Å²) < 4.78 is 5.41. The Balaban J connectivity index is 0.00000300. The Hall–Kier alpha value is -1.61. The van der Waals surface area contributed by atoms with Crippen LogP contribution in [-0.4, -0.2) is 47.6 Å². The molecule has 7 heteroatoms. The van der Waals surface area contributed by atoms with Gasteiger partial charge in [-0.05, 0) is 50.5 Å². The van der Waals surface area contributed by atoms with E-state index in [-0.39, 0.29) is 24.0 Å². The lowest BCUT2D eigenvalue weighted by Gasteiger charge is -2.33. The maximum atomic E-state index is 5.41. The van der Waals surface area contributed by atoms with Crippen LogP contribution in [-0.2, 0) is 13.0 Å². The number of hydrogen-bond donors (Lipinski definition) is 2. The van der Waals surface area contributed by atoms with Crippen LogP contribution < -0.4 is 10.6 Å².